The van der Waals surface area contributed by atoms with E-state index in [1.165, 1.54) is 18.3 Å². The van der Waals surface area contributed by atoms with Crippen LogP contribution in [0.4, 0.5) is 4.39 Å². The highest BCUT2D eigenvalue weighted by atomic mass is 19.1. The summed E-state index contributed by atoms with van der Waals surface area (Å²) >= 11 is 0. The molecule has 1 aromatic carbocycles. The molecule has 0 spiro atoms. The molecule has 1 aliphatic rings. The van der Waals surface area contributed by atoms with Gasteiger partial charge in [-0.1, -0.05) is 17.7 Å². The molecule has 2 unspecified atom stereocenters. The van der Waals surface area contributed by atoms with Crippen molar-refractivity contribution in [1.82, 2.24) is 4.98 Å². The summed E-state index contributed by atoms with van der Waals surface area (Å²) in [5.41, 5.74) is 4.10. The molecule has 124 valence electrons. The number of ketones is 2. The third kappa shape index (κ3) is 2.88. The second-order valence-corrected chi connectivity index (χ2v) is 6.65. The van der Waals surface area contributed by atoms with Gasteiger partial charge < -0.3 is 0 Å². The van der Waals surface area contributed by atoms with Crippen molar-refractivity contribution in [2.45, 2.75) is 39.5 Å². The molecule has 3 nitrogen and oxygen atoms in total. The molecule has 0 aliphatic heterocycles. The molecule has 0 amide bonds. The minimum absolute atomic E-state index is 0.0728. The van der Waals surface area contributed by atoms with Crippen LogP contribution < -0.4 is 0 Å². The molecule has 1 aromatic heterocycles. The SMILES string of the molecule is Cc1cc(C)c(C2C(=O)CC(Cc3ncccc3F)C2=O)c(C)c1. The van der Waals surface area contributed by atoms with Crippen molar-refractivity contribution >= 4 is 11.6 Å². The zero-order chi connectivity index (χ0) is 17.4. The molecule has 0 N–H and O–H groups in total. The number of benzene rings is 1. The summed E-state index contributed by atoms with van der Waals surface area (Å²) in [5.74, 6) is -1.82. The fourth-order valence-corrected chi connectivity index (χ4v) is 3.78. The average molecular weight is 325 g/mol. The van der Waals surface area contributed by atoms with E-state index >= 15 is 0 Å². The van der Waals surface area contributed by atoms with Gasteiger partial charge in [-0.05, 0) is 49.6 Å². The first-order chi connectivity index (χ1) is 11.4. The lowest BCUT2D eigenvalue weighted by Crippen LogP contribution is -2.19. The molecule has 0 bridgehead atoms. The van der Waals surface area contributed by atoms with Crippen molar-refractivity contribution in [3.05, 3.63) is 64.2 Å². The summed E-state index contributed by atoms with van der Waals surface area (Å²) in [6, 6.07) is 6.83. The van der Waals surface area contributed by atoms with E-state index in [9.17, 15) is 14.0 Å². The van der Waals surface area contributed by atoms with Gasteiger partial charge in [0.05, 0.1) is 5.69 Å². The second-order valence-electron chi connectivity index (χ2n) is 6.65. The molecule has 0 saturated heterocycles. The minimum atomic E-state index is -0.720. The normalized spacial score (nSPS) is 20.7. The van der Waals surface area contributed by atoms with Crippen LogP contribution in [-0.4, -0.2) is 16.6 Å². The number of rotatable bonds is 3. The number of carbonyl (C=O) groups is 2. The van der Waals surface area contributed by atoms with E-state index in [2.05, 4.69) is 4.98 Å². The lowest BCUT2D eigenvalue weighted by atomic mass is 9.86. The Kier molecular flexibility index (Phi) is 4.31. The molecular formula is C20H20FNO2. The fraction of sp³-hybridized carbons (Fsp3) is 0.350. The van der Waals surface area contributed by atoms with Crippen LogP contribution >= 0.6 is 0 Å². The van der Waals surface area contributed by atoms with E-state index in [1.54, 1.807) is 0 Å². The van der Waals surface area contributed by atoms with Crippen LogP contribution in [0.1, 0.15) is 40.3 Å². The molecule has 3 rings (SSSR count). The largest absolute Gasteiger partial charge is 0.298 e. The van der Waals surface area contributed by atoms with Gasteiger partial charge in [-0.15, -0.1) is 0 Å². The highest BCUT2D eigenvalue weighted by molar-refractivity contribution is 6.15. The molecule has 1 fully saturated rings. The third-order valence-electron chi connectivity index (χ3n) is 4.76. The molecular weight excluding hydrogens is 305 g/mol. The molecule has 24 heavy (non-hydrogen) atoms. The van der Waals surface area contributed by atoms with Gasteiger partial charge >= 0.3 is 0 Å². The van der Waals surface area contributed by atoms with Crippen molar-refractivity contribution in [2.24, 2.45) is 5.92 Å². The average Bonchev–Trinajstić information content (AvgIpc) is 2.76. The Hall–Kier alpha value is -2.36. The zero-order valence-corrected chi connectivity index (χ0v) is 14.1. The summed E-state index contributed by atoms with van der Waals surface area (Å²) in [6.45, 7) is 5.86. The molecule has 1 heterocycles. The standard InChI is InChI=1S/C20H20FNO2/c1-11-7-12(2)18(13(3)8-11)19-17(23)10-14(20(19)24)9-16-15(21)5-4-6-22-16/h4-8,14,19H,9-10H2,1-3H3. The monoisotopic (exact) mass is 325 g/mol. The molecule has 1 aliphatic carbocycles. The van der Waals surface area contributed by atoms with Crippen LogP contribution in [0.2, 0.25) is 0 Å². The van der Waals surface area contributed by atoms with E-state index in [0.717, 1.165) is 22.3 Å². The Morgan fingerprint density at radius 1 is 1.17 bits per heavy atom. The number of pyridine rings is 1. The minimum Gasteiger partial charge on any atom is -0.298 e. The predicted octanol–water partition coefficient (Wildman–Crippen LogP) is 3.63. The highest BCUT2D eigenvalue weighted by Crippen LogP contribution is 2.37. The van der Waals surface area contributed by atoms with Crippen molar-refractivity contribution < 1.29 is 14.0 Å². The fourth-order valence-electron chi connectivity index (χ4n) is 3.78. The molecule has 2 aromatic rings. The number of aromatic nitrogens is 1. The van der Waals surface area contributed by atoms with Gasteiger partial charge in [0.15, 0.2) is 5.78 Å². The van der Waals surface area contributed by atoms with Crippen molar-refractivity contribution in [3.8, 4) is 0 Å². The third-order valence-corrected chi connectivity index (χ3v) is 4.76. The van der Waals surface area contributed by atoms with Crippen LogP contribution in [0.5, 0.6) is 0 Å². The second kappa shape index (κ2) is 6.27. The summed E-state index contributed by atoms with van der Waals surface area (Å²) < 4.78 is 13.8. The van der Waals surface area contributed by atoms with E-state index in [0.29, 0.717) is 0 Å². The summed E-state index contributed by atoms with van der Waals surface area (Å²) in [5, 5.41) is 0. The first-order valence-corrected chi connectivity index (χ1v) is 8.12. The van der Waals surface area contributed by atoms with Crippen LogP contribution in [-0.2, 0) is 16.0 Å². The number of carbonyl (C=O) groups excluding carboxylic acids is 2. The molecule has 2 atom stereocenters. The maximum Gasteiger partial charge on any atom is 0.151 e. The van der Waals surface area contributed by atoms with Gasteiger partial charge in [-0.2, -0.15) is 0 Å². The summed E-state index contributed by atoms with van der Waals surface area (Å²) in [7, 11) is 0. The topological polar surface area (TPSA) is 47.0 Å². The summed E-state index contributed by atoms with van der Waals surface area (Å²) in [6.07, 6.45) is 1.84. The van der Waals surface area contributed by atoms with Crippen molar-refractivity contribution in [1.29, 1.82) is 0 Å². The molecule has 4 heteroatoms. The number of halogens is 1. The first-order valence-electron chi connectivity index (χ1n) is 8.12. The number of Topliss-reactive ketones (excluding diaryl/α,β-unsaturated/α-hetero) is 2. The molecule has 1 saturated carbocycles. The lowest BCUT2D eigenvalue weighted by Gasteiger charge is -2.16. The predicted molar refractivity (Wildman–Crippen MR) is 89.4 cm³/mol. The number of nitrogens with zero attached hydrogens (tertiary/aromatic N) is 1. The Morgan fingerprint density at radius 2 is 1.83 bits per heavy atom. The molecule has 0 radical (unpaired) electrons. The highest BCUT2D eigenvalue weighted by Gasteiger charge is 2.43. The summed E-state index contributed by atoms with van der Waals surface area (Å²) in [4.78, 5) is 29.4. The maximum atomic E-state index is 13.8. The number of hydrogen-bond acceptors (Lipinski definition) is 3. The Balaban J connectivity index is 1.92. The van der Waals surface area contributed by atoms with Crippen LogP contribution in [0, 0.1) is 32.5 Å². The van der Waals surface area contributed by atoms with Gasteiger partial charge in [0.25, 0.3) is 0 Å². The van der Waals surface area contributed by atoms with Crippen LogP contribution in [0.3, 0.4) is 0 Å². The number of aryl methyl sites for hydroxylation is 3. The first kappa shape index (κ1) is 16.5. The van der Waals surface area contributed by atoms with Gasteiger partial charge in [-0.3, -0.25) is 14.6 Å². The van der Waals surface area contributed by atoms with Gasteiger partial charge in [0, 0.05) is 25.0 Å². The van der Waals surface area contributed by atoms with Crippen LogP contribution in [0.15, 0.2) is 30.5 Å². The number of hydrogen-bond donors (Lipinski definition) is 0. The van der Waals surface area contributed by atoms with Crippen LogP contribution in [0.25, 0.3) is 0 Å². The quantitative estimate of drug-likeness (QED) is 0.810. The van der Waals surface area contributed by atoms with Crippen molar-refractivity contribution in [2.75, 3.05) is 0 Å². The lowest BCUT2D eigenvalue weighted by molar-refractivity contribution is -0.124. The van der Waals surface area contributed by atoms with Gasteiger partial charge in [0.1, 0.15) is 17.5 Å². The van der Waals surface area contributed by atoms with E-state index in [1.807, 2.05) is 32.9 Å². The maximum absolute atomic E-state index is 13.8. The van der Waals surface area contributed by atoms with Crippen molar-refractivity contribution in [3.63, 3.8) is 0 Å². The Morgan fingerprint density at radius 3 is 2.46 bits per heavy atom. The van der Waals surface area contributed by atoms with Gasteiger partial charge in [-0.25, -0.2) is 4.39 Å². The van der Waals surface area contributed by atoms with E-state index < -0.39 is 17.7 Å². The smallest absolute Gasteiger partial charge is 0.151 e. The zero-order valence-electron chi connectivity index (χ0n) is 14.1. The Bertz CT molecular complexity index is 805. The van der Waals surface area contributed by atoms with E-state index in [4.69, 9.17) is 0 Å². The van der Waals surface area contributed by atoms with Gasteiger partial charge in [0.2, 0.25) is 0 Å². The Labute approximate surface area is 140 Å². The van der Waals surface area contributed by atoms with E-state index in [-0.39, 0.29) is 30.1 Å².